The lowest BCUT2D eigenvalue weighted by Gasteiger charge is -1.93. The number of allylic oxidation sites excluding steroid dienone is 1. The molecule has 0 aromatic rings. The molecule has 0 aromatic heterocycles. The number of hydrogen-bond donors (Lipinski definition) is 1. The Morgan fingerprint density at radius 2 is 2.62 bits per heavy atom. The lowest BCUT2D eigenvalue weighted by Crippen LogP contribution is -1.80. The van der Waals surface area contributed by atoms with E-state index in [1.165, 1.54) is 17.1 Å². The van der Waals surface area contributed by atoms with Gasteiger partial charge in [-0.05, 0) is 11.3 Å². The Morgan fingerprint density at radius 1 is 1.75 bits per heavy atom. The molecule has 1 N–H and O–H groups in total. The summed E-state index contributed by atoms with van der Waals surface area (Å²) in [4.78, 5) is 1.37. The first-order valence-corrected chi connectivity index (χ1v) is 3.85. The zero-order valence-corrected chi connectivity index (χ0v) is 5.58. The van der Waals surface area contributed by atoms with Crippen LogP contribution in [-0.2, 0) is 0 Å². The van der Waals surface area contributed by atoms with Crippen molar-refractivity contribution in [2.24, 2.45) is 0 Å². The largest absolute Gasteiger partial charge is 0.396 e. The highest BCUT2D eigenvalue weighted by molar-refractivity contribution is 8.03. The molecule has 1 nitrogen and oxygen atoms in total. The highest BCUT2D eigenvalue weighted by Crippen LogP contribution is 2.26. The molecule has 0 radical (unpaired) electrons. The molecule has 0 bridgehead atoms. The van der Waals surface area contributed by atoms with E-state index in [0.29, 0.717) is 6.61 Å². The molecule has 1 aliphatic heterocycles. The van der Waals surface area contributed by atoms with E-state index in [-0.39, 0.29) is 0 Å². The fourth-order valence-corrected chi connectivity index (χ4v) is 1.72. The van der Waals surface area contributed by atoms with E-state index < -0.39 is 0 Å². The normalized spacial score (nSPS) is 18.9. The molecule has 0 unspecified atom stereocenters. The van der Waals surface area contributed by atoms with Crippen LogP contribution in [0.4, 0.5) is 0 Å². The standard InChI is InChI=1S/C6H10OS/c7-4-3-6-2-1-5-8-6/h2,7H,1,3-5H2. The van der Waals surface area contributed by atoms with Crippen molar-refractivity contribution in [3.8, 4) is 0 Å². The van der Waals surface area contributed by atoms with Gasteiger partial charge in [0.2, 0.25) is 0 Å². The summed E-state index contributed by atoms with van der Waals surface area (Å²) in [6.07, 6.45) is 4.27. The third-order valence-electron chi connectivity index (χ3n) is 1.14. The summed E-state index contributed by atoms with van der Waals surface area (Å²) in [6, 6.07) is 0. The van der Waals surface area contributed by atoms with Gasteiger partial charge in [0.1, 0.15) is 0 Å². The van der Waals surface area contributed by atoms with Crippen LogP contribution in [0.25, 0.3) is 0 Å². The van der Waals surface area contributed by atoms with E-state index >= 15 is 0 Å². The van der Waals surface area contributed by atoms with Gasteiger partial charge in [-0.2, -0.15) is 0 Å². The quantitative estimate of drug-likeness (QED) is 0.609. The van der Waals surface area contributed by atoms with E-state index in [1.807, 2.05) is 11.8 Å². The van der Waals surface area contributed by atoms with Gasteiger partial charge in [0.25, 0.3) is 0 Å². The van der Waals surface area contributed by atoms with Gasteiger partial charge in [-0.25, -0.2) is 0 Å². The second kappa shape index (κ2) is 3.15. The third kappa shape index (κ3) is 1.53. The molecule has 1 aliphatic rings. The lowest BCUT2D eigenvalue weighted by atomic mass is 10.3. The van der Waals surface area contributed by atoms with Crippen LogP contribution in [0.5, 0.6) is 0 Å². The minimum absolute atomic E-state index is 0.304. The van der Waals surface area contributed by atoms with Crippen molar-refractivity contribution in [2.45, 2.75) is 12.8 Å². The van der Waals surface area contributed by atoms with Crippen LogP contribution >= 0.6 is 11.8 Å². The molecule has 0 fully saturated rings. The molecule has 0 atom stereocenters. The molecule has 1 heterocycles. The Bertz CT molecular complexity index is 98.7. The van der Waals surface area contributed by atoms with E-state index in [0.717, 1.165) is 6.42 Å². The fourth-order valence-electron chi connectivity index (χ4n) is 0.753. The van der Waals surface area contributed by atoms with Gasteiger partial charge in [-0.1, -0.05) is 6.08 Å². The maximum atomic E-state index is 8.47. The maximum Gasteiger partial charge on any atom is 0.0476 e. The first-order chi connectivity index (χ1) is 3.93. The van der Waals surface area contributed by atoms with Crippen LogP contribution in [0.2, 0.25) is 0 Å². The number of rotatable bonds is 2. The lowest BCUT2D eigenvalue weighted by molar-refractivity contribution is 0.301. The van der Waals surface area contributed by atoms with Crippen LogP contribution in [-0.4, -0.2) is 17.5 Å². The molecule has 0 saturated carbocycles. The summed E-state index contributed by atoms with van der Waals surface area (Å²) in [5.41, 5.74) is 0. The number of aliphatic hydroxyl groups is 1. The van der Waals surface area contributed by atoms with E-state index in [2.05, 4.69) is 6.08 Å². The monoisotopic (exact) mass is 130 g/mol. The van der Waals surface area contributed by atoms with Crippen molar-refractivity contribution in [3.05, 3.63) is 11.0 Å². The summed E-state index contributed by atoms with van der Waals surface area (Å²) >= 11 is 1.87. The number of hydrogen-bond acceptors (Lipinski definition) is 2. The topological polar surface area (TPSA) is 20.2 Å². The predicted molar refractivity (Wildman–Crippen MR) is 36.9 cm³/mol. The Balaban J connectivity index is 2.23. The van der Waals surface area contributed by atoms with Crippen LogP contribution in [0.3, 0.4) is 0 Å². The summed E-state index contributed by atoms with van der Waals surface area (Å²) in [6.45, 7) is 0.304. The maximum absolute atomic E-state index is 8.47. The number of aliphatic hydroxyl groups excluding tert-OH is 1. The van der Waals surface area contributed by atoms with Crippen LogP contribution < -0.4 is 0 Å². The predicted octanol–water partition coefficient (Wildman–Crippen LogP) is 1.39. The Hall–Kier alpha value is 0.0500. The molecule has 0 amide bonds. The molecular formula is C6H10OS. The zero-order chi connectivity index (χ0) is 5.82. The van der Waals surface area contributed by atoms with Gasteiger partial charge in [0, 0.05) is 18.8 Å². The minimum atomic E-state index is 0.304. The summed E-state index contributed by atoms with van der Waals surface area (Å²) in [7, 11) is 0. The molecule has 0 aromatic carbocycles. The van der Waals surface area contributed by atoms with Gasteiger partial charge in [-0.3, -0.25) is 0 Å². The van der Waals surface area contributed by atoms with Crippen molar-refractivity contribution >= 4 is 11.8 Å². The SMILES string of the molecule is OCCC1=CCCS1. The zero-order valence-electron chi connectivity index (χ0n) is 4.76. The van der Waals surface area contributed by atoms with Gasteiger partial charge < -0.3 is 5.11 Å². The van der Waals surface area contributed by atoms with Crippen molar-refractivity contribution in [1.29, 1.82) is 0 Å². The van der Waals surface area contributed by atoms with Crippen molar-refractivity contribution < 1.29 is 5.11 Å². The third-order valence-corrected chi connectivity index (χ3v) is 2.32. The van der Waals surface area contributed by atoms with Crippen molar-refractivity contribution in [2.75, 3.05) is 12.4 Å². The molecule has 2 heteroatoms. The fraction of sp³-hybridized carbons (Fsp3) is 0.667. The molecule has 0 spiro atoms. The van der Waals surface area contributed by atoms with E-state index in [1.54, 1.807) is 0 Å². The second-order valence-electron chi connectivity index (χ2n) is 1.78. The van der Waals surface area contributed by atoms with E-state index in [9.17, 15) is 0 Å². The Morgan fingerprint density at radius 3 is 3.12 bits per heavy atom. The summed E-state index contributed by atoms with van der Waals surface area (Å²) < 4.78 is 0. The van der Waals surface area contributed by atoms with Crippen LogP contribution in [0.15, 0.2) is 11.0 Å². The first-order valence-electron chi connectivity index (χ1n) is 2.86. The highest BCUT2D eigenvalue weighted by Gasteiger charge is 2.02. The van der Waals surface area contributed by atoms with Gasteiger partial charge in [0.15, 0.2) is 0 Å². The average Bonchev–Trinajstić information content (AvgIpc) is 2.19. The minimum Gasteiger partial charge on any atom is -0.396 e. The average molecular weight is 130 g/mol. The van der Waals surface area contributed by atoms with Crippen LogP contribution in [0, 0.1) is 0 Å². The molecule has 8 heavy (non-hydrogen) atoms. The molecule has 0 aliphatic carbocycles. The van der Waals surface area contributed by atoms with Crippen molar-refractivity contribution in [1.82, 2.24) is 0 Å². The molecular weight excluding hydrogens is 120 g/mol. The number of thioether (sulfide) groups is 1. The Kier molecular flexibility index (Phi) is 2.43. The molecule has 0 saturated heterocycles. The van der Waals surface area contributed by atoms with E-state index in [4.69, 9.17) is 5.11 Å². The summed E-state index contributed by atoms with van der Waals surface area (Å²) in [5.74, 6) is 1.22. The smallest absolute Gasteiger partial charge is 0.0476 e. The van der Waals surface area contributed by atoms with Gasteiger partial charge in [-0.15, -0.1) is 11.8 Å². The summed E-state index contributed by atoms with van der Waals surface area (Å²) in [5, 5.41) is 8.47. The van der Waals surface area contributed by atoms with Gasteiger partial charge >= 0.3 is 0 Å². The van der Waals surface area contributed by atoms with Gasteiger partial charge in [0.05, 0.1) is 0 Å². The molecule has 1 rings (SSSR count). The van der Waals surface area contributed by atoms with Crippen LogP contribution in [0.1, 0.15) is 12.8 Å². The first kappa shape index (κ1) is 6.17. The Labute approximate surface area is 53.8 Å². The second-order valence-corrected chi connectivity index (χ2v) is 3.00. The molecule has 46 valence electrons. The highest BCUT2D eigenvalue weighted by atomic mass is 32.2. The van der Waals surface area contributed by atoms with Crippen molar-refractivity contribution in [3.63, 3.8) is 0 Å².